The fourth-order valence-corrected chi connectivity index (χ4v) is 3.24. The van der Waals surface area contributed by atoms with Crippen molar-refractivity contribution in [2.45, 2.75) is 0 Å². The van der Waals surface area contributed by atoms with Crippen molar-refractivity contribution >= 4 is 28.2 Å². The van der Waals surface area contributed by atoms with Gasteiger partial charge in [0.2, 0.25) is 5.75 Å². The Morgan fingerprint density at radius 1 is 1.12 bits per heavy atom. The van der Waals surface area contributed by atoms with E-state index in [0.29, 0.717) is 28.1 Å². The molecular weight excluding hydrogens is 330 g/mol. The predicted octanol–water partition coefficient (Wildman–Crippen LogP) is 3.69. The zero-order valence-electron chi connectivity index (χ0n) is 13.3. The van der Waals surface area contributed by atoms with Crippen molar-refractivity contribution in [3.8, 4) is 28.5 Å². The molecule has 0 atom stereocenters. The third-order valence-electron chi connectivity index (χ3n) is 3.65. The number of carboxylic acid groups (broad SMARTS) is 1. The highest BCUT2D eigenvalue weighted by atomic mass is 32.1. The van der Waals surface area contributed by atoms with Gasteiger partial charge >= 0.3 is 5.97 Å². The van der Waals surface area contributed by atoms with Crippen molar-refractivity contribution in [2.75, 3.05) is 21.3 Å². The summed E-state index contributed by atoms with van der Waals surface area (Å²) in [6.07, 6.45) is 0. The van der Waals surface area contributed by atoms with Crippen LogP contribution in [-0.4, -0.2) is 37.4 Å². The minimum absolute atomic E-state index is 0.0963. The number of carbonyl (C=O) groups is 1. The molecule has 0 saturated carbocycles. The van der Waals surface area contributed by atoms with Gasteiger partial charge in [-0.05, 0) is 17.5 Å². The topological polar surface area (TPSA) is 77.9 Å². The highest BCUT2D eigenvalue weighted by Crippen LogP contribution is 2.44. The zero-order valence-corrected chi connectivity index (χ0v) is 14.1. The average Bonchev–Trinajstić information content (AvgIpc) is 3.13. The summed E-state index contributed by atoms with van der Waals surface area (Å²) in [6.45, 7) is 0. The highest BCUT2D eigenvalue weighted by Gasteiger charge is 2.23. The summed E-state index contributed by atoms with van der Waals surface area (Å²) in [6, 6.07) is 5.09. The number of aromatic carboxylic acids is 1. The number of ether oxygens (including phenoxy) is 3. The Kier molecular flexibility index (Phi) is 4.26. The van der Waals surface area contributed by atoms with Gasteiger partial charge in [0.05, 0.1) is 43.5 Å². The molecule has 2 heterocycles. The largest absolute Gasteiger partial charge is 0.493 e. The van der Waals surface area contributed by atoms with E-state index in [9.17, 15) is 9.90 Å². The molecule has 7 heteroatoms. The standard InChI is InChI=1S/C17H15NO5S/c1-21-13-7-12-14(16(23-3)15(13)22-2)10(17(19)20)6-11(18-12)9-4-5-24-8-9/h4-8H,1-3H3,(H,19,20). The summed E-state index contributed by atoms with van der Waals surface area (Å²) >= 11 is 1.52. The van der Waals surface area contributed by atoms with E-state index in [1.54, 1.807) is 12.1 Å². The molecule has 0 bridgehead atoms. The number of hydrogen-bond acceptors (Lipinski definition) is 6. The van der Waals surface area contributed by atoms with E-state index < -0.39 is 5.97 Å². The number of nitrogens with zero attached hydrogens (tertiary/aromatic N) is 1. The molecule has 0 saturated heterocycles. The minimum atomic E-state index is -1.07. The fourth-order valence-electron chi connectivity index (χ4n) is 2.59. The van der Waals surface area contributed by atoms with Crippen molar-refractivity contribution in [3.63, 3.8) is 0 Å². The van der Waals surface area contributed by atoms with E-state index >= 15 is 0 Å². The van der Waals surface area contributed by atoms with Crippen molar-refractivity contribution in [2.24, 2.45) is 0 Å². The number of hydrogen-bond donors (Lipinski definition) is 1. The highest BCUT2D eigenvalue weighted by molar-refractivity contribution is 7.08. The molecule has 3 aromatic rings. The lowest BCUT2D eigenvalue weighted by atomic mass is 10.0. The predicted molar refractivity (Wildman–Crippen MR) is 91.7 cm³/mol. The van der Waals surface area contributed by atoms with Crippen LogP contribution in [0.15, 0.2) is 29.0 Å². The number of aromatic nitrogens is 1. The van der Waals surface area contributed by atoms with Crippen LogP contribution in [0, 0.1) is 0 Å². The Hall–Kier alpha value is -2.80. The van der Waals surface area contributed by atoms with Crippen LogP contribution in [0.1, 0.15) is 10.4 Å². The maximum atomic E-state index is 11.8. The molecule has 24 heavy (non-hydrogen) atoms. The van der Waals surface area contributed by atoms with Crippen LogP contribution in [0.25, 0.3) is 22.2 Å². The van der Waals surface area contributed by atoms with Crippen LogP contribution in [0.5, 0.6) is 17.2 Å². The fraction of sp³-hybridized carbons (Fsp3) is 0.176. The average molecular weight is 345 g/mol. The number of fused-ring (bicyclic) bond motifs is 1. The molecule has 1 N–H and O–H groups in total. The lowest BCUT2D eigenvalue weighted by Crippen LogP contribution is -2.04. The van der Waals surface area contributed by atoms with Crippen LogP contribution in [-0.2, 0) is 0 Å². The van der Waals surface area contributed by atoms with Crippen LogP contribution < -0.4 is 14.2 Å². The first-order valence-electron chi connectivity index (χ1n) is 7.00. The third kappa shape index (κ3) is 2.52. The van der Waals surface area contributed by atoms with Gasteiger partial charge in [-0.1, -0.05) is 0 Å². The molecule has 0 amide bonds. The van der Waals surface area contributed by atoms with E-state index in [-0.39, 0.29) is 11.3 Å². The monoisotopic (exact) mass is 345 g/mol. The maximum Gasteiger partial charge on any atom is 0.336 e. The molecule has 3 rings (SSSR count). The Labute approximate surface area is 142 Å². The van der Waals surface area contributed by atoms with E-state index in [0.717, 1.165) is 5.56 Å². The summed E-state index contributed by atoms with van der Waals surface area (Å²) in [5, 5.41) is 13.9. The normalized spacial score (nSPS) is 10.6. The second-order valence-corrected chi connectivity index (χ2v) is 5.69. The van der Waals surface area contributed by atoms with Crippen molar-refractivity contribution in [1.82, 2.24) is 4.98 Å². The first-order chi connectivity index (χ1) is 11.6. The molecule has 124 valence electrons. The zero-order chi connectivity index (χ0) is 17.3. The number of pyridine rings is 1. The van der Waals surface area contributed by atoms with E-state index in [1.807, 2.05) is 16.8 Å². The molecular formula is C17H15NO5S. The number of thiophene rings is 1. The van der Waals surface area contributed by atoms with E-state index in [2.05, 4.69) is 4.98 Å². The summed E-state index contributed by atoms with van der Waals surface area (Å²) in [5.74, 6) is -0.0220. The lowest BCUT2D eigenvalue weighted by Gasteiger charge is -2.16. The molecule has 0 spiro atoms. The lowest BCUT2D eigenvalue weighted by molar-refractivity contribution is 0.0698. The molecule has 0 radical (unpaired) electrons. The summed E-state index contributed by atoms with van der Waals surface area (Å²) in [5.41, 5.74) is 2.00. The van der Waals surface area contributed by atoms with Gasteiger partial charge < -0.3 is 19.3 Å². The number of benzene rings is 1. The third-order valence-corrected chi connectivity index (χ3v) is 4.33. The molecule has 0 fully saturated rings. The Morgan fingerprint density at radius 3 is 2.42 bits per heavy atom. The Balaban J connectivity index is 2.43. The summed E-state index contributed by atoms with van der Waals surface area (Å²) in [7, 11) is 4.43. The smallest absolute Gasteiger partial charge is 0.336 e. The van der Waals surface area contributed by atoms with Crippen LogP contribution in [0.3, 0.4) is 0 Å². The molecule has 0 aliphatic carbocycles. The second kappa shape index (κ2) is 6.37. The SMILES string of the molecule is COc1cc2nc(-c3ccsc3)cc(C(=O)O)c2c(OC)c1OC. The Bertz CT molecular complexity index is 905. The second-order valence-electron chi connectivity index (χ2n) is 4.91. The molecule has 6 nitrogen and oxygen atoms in total. The molecule has 0 aliphatic rings. The number of rotatable bonds is 5. The van der Waals surface area contributed by atoms with Gasteiger partial charge in [0.25, 0.3) is 0 Å². The van der Waals surface area contributed by atoms with Crippen LogP contribution in [0.4, 0.5) is 0 Å². The van der Waals surface area contributed by atoms with Gasteiger partial charge in [0.15, 0.2) is 11.5 Å². The minimum Gasteiger partial charge on any atom is -0.493 e. The number of carboxylic acids is 1. The van der Waals surface area contributed by atoms with Crippen LogP contribution >= 0.6 is 11.3 Å². The molecule has 0 unspecified atom stereocenters. The van der Waals surface area contributed by atoms with Crippen molar-refractivity contribution in [1.29, 1.82) is 0 Å². The van der Waals surface area contributed by atoms with Crippen LogP contribution in [0.2, 0.25) is 0 Å². The maximum absolute atomic E-state index is 11.8. The van der Waals surface area contributed by atoms with Gasteiger partial charge in [-0.25, -0.2) is 9.78 Å². The van der Waals surface area contributed by atoms with Gasteiger partial charge in [0, 0.05) is 17.0 Å². The van der Waals surface area contributed by atoms with Gasteiger partial charge in [-0.2, -0.15) is 11.3 Å². The summed E-state index contributed by atoms with van der Waals surface area (Å²) in [4.78, 5) is 16.4. The first-order valence-corrected chi connectivity index (χ1v) is 7.94. The first kappa shape index (κ1) is 16.1. The molecule has 0 aliphatic heterocycles. The summed E-state index contributed by atoms with van der Waals surface area (Å²) < 4.78 is 16.1. The van der Waals surface area contributed by atoms with Crippen molar-refractivity contribution < 1.29 is 24.1 Å². The Morgan fingerprint density at radius 2 is 1.88 bits per heavy atom. The van der Waals surface area contributed by atoms with Gasteiger partial charge in [-0.15, -0.1) is 0 Å². The molecule has 1 aromatic carbocycles. The van der Waals surface area contributed by atoms with Gasteiger partial charge in [0.1, 0.15) is 0 Å². The van der Waals surface area contributed by atoms with Gasteiger partial charge in [-0.3, -0.25) is 0 Å². The van der Waals surface area contributed by atoms with Crippen molar-refractivity contribution in [3.05, 3.63) is 34.5 Å². The molecule has 2 aromatic heterocycles. The quantitative estimate of drug-likeness (QED) is 0.760. The number of methoxy groups -OCH3 is 3. The van der Waals surface area contributed by atoms with E-state index in [1.165, 1.54) is 32.7 Å². The van der Waals surface area contributed by atoms with E-state index in [4.69, 9.17) is 14.2 Å².